The van der Waals surface area contributed by atoms with E-state index in [-0.39, 0.29) is 12.1 Å². The van der Waals surface area contributed by atoms with Crippen molar-refractivity contribution in [2.45, 2.75) is 26.3 Å². The zero-order chi connectivity index (χ0) is 11.5. The summed E-state index contributed by atoms with van der Waals surface area (Å²) in [5.41, 5.74) is 3.30. The minimum Gasteiger partial charge on any atom is -0.336 e. The van der Waals surface area contributed by atoms with Crippen LogP contribution in [0, 0.1) is 0 Å². The number of benzene rings is 1. The van der Waals surface area contributed by atoms with Crippen molar-refractivity contribution in [3.63, 3.8) is 0 Å². The highest BCUT2D eigenvalue weighted by Crippen LogP contribution is 2.24. The van der Waals surface area contributed by atoms with Gasteiger partial charge in [-0.05, 0) is 25.8 Å². The molecule has 2 amide bonds. The number of carbonyl (C=O) groups is 1. The van der Waals surface area contributed by atoms with Gasteiger partial charge < -0.3 is 10.6 Å². The molecule has 0 aromatic heterocycles. The van der Waals surface area contributed by atoms with Gasteiger partial charge in [0.05, 0.1) is 0 Å². The number of fused-ring (bicyclic) bond motifs is 1. The zero-order valence-electron chi connectivity index (χ0n) is 9.58. The van der Waals surface area contributed by atoms with E-state index in [9.17, 15) is 4.79 Å². The Morgan fingerprint density at radius 1 is 1.31 bits per heavy atom. The number of amides is 2. The van der Waals surface area contributed by atoms with Gasteiger partial charge in [0.15, 0.2) is 0 Å². The molecule has 0 saturated heterocycles. The molecule has 0 spiro atoms. The normalized spacial score (nSPS) is 13.3. The van der Waals surface area contributed by atoms with Gasteiger partial charge in [0.1, 0.15) is 0 Å². The van der Waals surface area contributed by atoms with Crippen LogP contribution < -0.4 is 10.6 Å². The smallest absolute Gasteiger partial charge is 0.319 e. The van der Waals surface area contributed by atoms with E-state index in [0.717, 1.165) is 17.7 Å². The van der Waals surface area contributed by atoms with Crippen molar-refractivity contribution in [2.24, 2.45) is 0 Å². The predicted octanol–water partition coefficient (Wildman–Crippen LogP) is 2.29. The molecule has 84 valence electrons. The summed E-state index contributed by atoms with van der Waals surface area (Å²) < 4.78 is 0. The fourth-order valence-corrected chi connectivity index (χ4v) is 1.82. The van der Waals surface area contributed by atoms with Gasteiger partial charge in [-0.1, -0.05) is 30.3 Å². The van der Waals surface area contributed by atoms with Crippen molar-refractivity contribution in [3.8, 4) is 0 Å². The second-order valence-corrected chi connectivity index (χ2v) is 4.23. The molecule has 0 unspecified atom stereocenters. The molecule has 0 heterocycles. The molecule has 0 aliphatic heterocycles. The first kappa shape index (κ1) is 10.7. The van der Waals surface area contributed by atoms with Crippen molar-refractivity contribution in [1.82, 2.24) is 10.6 Å². The number of rotatable bonds is 2. The molecule has 1 aromatic carbocycles. The Balaban J connectivity index is 2.06. The van der Waals surface area contributed by atoms with Crippen molar-refractivity contribution in [1.29, 1.82) is 0 Å². The first-order valence-corrected chi connectivity index (χ1v) is 5.53. The summed E-state index contributed by atoms with van der Waals surface area (Å²) in [5.74, 6) is 0. The van der Waals surface area contributed by atoms with E-state index in [1.165, 1.54) is 5.56 Å². The molecule has 1 aliphatic rings. The third kappa shape index (κ3) is 2.24. The number of hydrogen-bond acceptors (Lipinski definition) is 1. The molecule has 3 nitrogen and oxygen atoms in total. The number of nitrogens with one attached hydrogen (secondary N) is 2. The van der Waals surface area contributed by atoms with Gasteiger partial charge in [-0.25, -0.2) is 4.79 Å². The molecular weight excluding hydrogens is 200 g/mol. The van der Waals surface area contributed by atoms with Crippen LogP contribution in [0.25, 0.3) is 5.70 Å². The van der Waals surface area contributed by atoms with Crippen molar-refractivity contribution < 1.29 is 4.79 Å². The molecule has 0 fully saturated rings. The van der Waals surface area contributed by atoms with Gasteiger partial charge in [0, 0.05) is 17.3 Å². The number of allylic oxidation sites excluding steroid dienone is 1. The van der Waals surface area contributed by atoms with E-state index in [1.807, 2.05) is 38.1 Å². The average molecular weight is 216 g/mol. The van der Waals surface area contributed by atoms with Crippen LogP contribution in [0.4, 0.5) is 4.79 Å². The van der Waals surface area contributed by atoms with E-state index >= 15 is 0 Å². The van der Waals surface area contributed by atoms with Crippen LogP contribution in [0.5, 0.6) is 0 Å². The highest BCUT2D eigenvalue weighted by Gasteiger charge is 2.15. The first-order valence-electron chi connectivity index (χ1n) is 5.53. The van der Waals surface area contributed by atoms with Gasteiger partial charge in [-0.3, -0.25) is 0 Å². The summed E-state index contributed by atoms with van der Waals surface area (Å²) in [4.78, 5) is 11.6. The summed E-state index contributed by atoms with van der Waals surface area (Å²) in [6, 6.07) is 8.13. The predicted molar refractivity (Wildman–Crippen MR) is 64.9 cm³/mol. The molecule has 1 aromatic rings. The Bertz CT molecular complexity index is 435. The summed E-state index contributed by atoms with van der Waals surface area (Å²) in [6.45, 7) is 3.88. The molecule has 3 heteroatoms. The molecule has 2 N–H and O–H groups in total. The third-order valence-electron chi connectivity index (χ3n) is 2.50. The Labute approximate surface area is 95.6 Å². The number of hydrogen-bond donors (Lipinski definition) is 2. The third-order valence-corrected chi connectivity index (χ3v) is 2.50. The molecule has 0 bridgehead atoms. The van der Waals surface area contributed by atoms with Gasteiger partial charge in [0.2, 0.25) is 0 Å². The number of urea groups is 1. The maximum atomic E-state index is 11.6. The topological polar surface area (TPSA) is 41.1 Å². The summed E-state index contributed by atoms with van der Waals surface area (Å²) >= 11 is 0. The zero-order valence-corrected chi connectivity index (χ0v) is 9.58. The Morgan fingerprint density at radius 2 is 2.06 bits per heavy atom. The van der Waals surface area contributed by atoms with E-state index in [2.05, 4.69) is 16.7 Å². The fourth-order valence-electron chi connectivity index (χ4n) is 1.82. The van der Waals surface area contributed by atoms with Crippen LogP contribution >= 0.6 is 0 Å². The maximum Gasteiger partial charge on any atom is 0.319 e. The standard InChI is InChI=1S/C13H16N2O/c1-9(2)14-13(16)15-12-8-7-10-5-3-4-6-11(10)12/h3-6,8-9H,7H2,1-2H3,(H2,14,15,16). The molecule has 2 rings (SSSR count). The van der Waals surface area contributed by atoms with Gasteiger partial charge in [-0.15, -0.1) is 0 Å². The lowest BCUT2D eigenvalue weighted by molar-refractivity contribution is 0.242. The first-order chi connectivity index (χ1) is 7.66. The second-order valence-electron chi connectivity index (χ2n) is 4.23. The summed E-state index contributed by atoms with van der Waals surface area (Å²) in [5, 5.41) is 5.69. The molecule has 0 radical (unpaired) electrons. The largest absolute Gasteiger partial charge is 0.336 e. The van der Waals surface area contributed by atoms with Crippen LogP contribution in [-0.4, -0.2) is 12.1 Å². The molecule has 0 saturated carbocycles. The minimum absolute atomic E-state index is 0.141. The lowest BCUT2D eigenvalue weighted by atomic mass is 10.1. The maximum absolute atomic E-state index is 11.6. The minimum atomic E-state index is -0.141. The van der Waals surface area contributed by atoms with E-state index in [0.29, 0.717) is 0 Å². The lowest BCUT2D eigenvalue weighted by Crippen LogP contribution is -2.38. The summed E-state index contributed by atoms with van der Waals surface area (Å²) in [7, 11) is 0. The number of carbonyl (C=O) groups excluding carboxylic acids is 1. The monoisotopic (exact) mass is 216 g/mol. The SMILES string of the molecule is CC(C)NC(=O)NC1=CCc2ccccc21. The van der Waals surface area contributed by atoms with Crippen LogP contribution in [0.2, 0.25) is 0 Å². The highest BCUT2D eigenvalue weighted by atomic mass is 16.2. The van der Waals surface area contributed by atoms with E-state index < -0.39 is 0 Å². The lowest BCUT2D eigenvalue weighted by Gasteiger charge is -2.11. The molecule has 0 atom stereocenters. The molecule has 1 aliphatic carbocycles. The van der Waals surface area contributed by atoms with Gasteiger partial charge in [0.25, 0.3) is 0 Å². The highest BCUT2D eigenvalue weighted by molar-refractivity contribution is 5.87. The quantitative estimate of drug-likeness (QED) is 0.782. The van der Waals surface area contributed by atoms with Crippen LogP contribution in [-0.2, 0) is 6.42 Å². The van der Waals surface area contributed by atoms with Crippen molar-refractivity contribution in [3.05, 3.63) is 41.5 Å². The van der Waals surface area contributed by atoms with Crippen molar-refractivity contribution in [2.75, 3.05) is 0 Å². The Kier molecular flexibility index (Phi) is 2.95. The van der Waals surface area contributed by atoms with Crippen LogP contribution in [0.3, 0.4) is 0 Å². The van der Waals surface area contributed by atoms with E-state index in [1.54, 1.807) is 0 Å². The van der Waals surface area contributed by atoms with Gasteiger partial charge in [-0.2, -0.15) is 0 Å². The Hall–Kier alpha value is -1.77. The second kappa shape index (κ2) is 4.39. The fraction of sp³-hybridized carbons (Fsp3) is 0.308. The van der Waals surface area contributed by atoms with Crippen LogP contribution in [0.15, 0.2) is 30.3 Å². The van der Waals surface area contributed by atoms with Crippen LogP contribution in [0.1, 0.15) is 25.0 Å². The van der Waals surface area contributed by atoms with Gasteiger partial charge >= 0.3 is 6.03 Å². The average Bonchev–Trinajstić information content (AvgIpc) is 2.61. The summed E-state index contributed by atoms with van der Waals surface area (Å²) in [6.07, 6.45) is 2.94. The van der Waals surface area contributed by atoms with E-state index in [4.69, 9.17) is 0 Å². The molecule has 16 heavy (non-hydrogen) atoms. The Morgan fingerprint density at radius 3 is 2.81 bits per heavy atom. The molecular formula is C13H16N2O. The van der Waals surface area contributed by atoms with Crippen molar-refractivity contribution >= 4 is 11.7 Å².